The minimum atomic E-state index is -0.123. The number of fused-ring (bicyclic) bond motifs is 1. The Morgan fingerprint density at radius 1 is 1.17 bits per heavy atom. The molecule has 0 spiro atoms. The van der Waals surface area contributed by atoms with Crippen LogP contribution in [0.25, 0.3) is 10.9 Å². The summed E-state index contributed by atoms with van der Waals surface area (Å²) in [6, 6.07) is 11.4. The van der Waals surface area contributed by atoms with E-state index >= 15 is 0 Å². The van der Waals surface area contributed by atoms with Gasteiger partial charge in [0, 0.05) is 12.1 Å². The zero-order valence-corrected chi connectivity index (χ0v) is 17.5. The summed E-state index contributed by atoms with van der Waals surface area (Å²) in [6.07, 6.45) is 4.83. The molecule has 6 nitrogen and oxygen atoms in total. The van der Waals surface area contributed by atoms with Crippen LogP contribution in [0.1, 0.15) is 38.9 Å². The van der Waals surface area contributed by atoms with E-state index in [2.05, 4.69) is 18.8 Å². The lowest BCUT2D eigenvalue weighted by Crippen LogP contribution is -2.48. The van der Waals surface area contributed by atoms with Crippen LogP contribution in [0, 0.1) is 0 Å². The van der Waals surface area contributed by atoms with Crippen LogP contribution < -0.4 is 5.56 Å². The van der Waals surface area contributed by atoms with Gasteiger partial charge in [0.15, 0.2) is 5.16 Å². The molecule has 0 N–H and O–H groups in total. The predicted molar refractivity (Wildman–Crippen MR) is 114 cm³/mol. The van der Waals surface area contributed by atoms with Crippen molar-refractivity contribution in [2.45, 2.75) is 56.9 Å². The molecule has 1 aliphatic heterocycles. The van der Waals surface area contributed by atoms with Crippen LogP contribution in [0.5, 0.6) is 0 Å². The number of rotatable bonds is 5. The zero-order chi connectivity index (χ0) is 20.4. The maximum absolute atomic E-state index is 13.1. The highest BCUT2D eigenvalue weighted by molar-refractivity contribution is 7.99. The van der Waals surface area contributed by atoms with E-state index in [4.69, 9.17) is 4.42 Å². The lowest BCUT2D eigenvalue weighted by Gasteiger charge is -2.39. The first-order chi connectivity index (χ1) is 14.0. The second-order valence-electron chi connectivity index (χ2n) is 7.60. The molecule has 2 aromatic heterocycles. The average molecular weight is 412 g/mol. The van der Waals surface area contributed by atoms with Gasteiger partial charge in [-0.25, -0.2) is 4.98 Å². The van der Waals surface area contributed by atoms with Crippen LogP contribution in [-0.2, 0) is 11.3 Å². The molecule has 29 heavy (non-hydrogen) atoms. The monoisotopic (exact) mass is 411 g/mol. The number of hydrogen-bond donors (Lipinski definition) is 0. The fourth-order valence-electron chi connectivity index (χ4n) is 4.07. The number of benzene rings is 1. The van der Waals surface area contributed by atoms with E-state index in [1.807, 2.05) is 29.2 Å². The fourth-order valence-corrected chi connectivity index (χ4v) is 4.94. The summed E-state index contributed by atoms with van der Waals surface area (Å²) < 4.78 is 7.04. The van der Waals surface area contributed by atoms with E-state index < -0.39 is 0 Å². The van der Waals surface area contributed by atoms with E-state index in [-0.39, 0.29) is 35.8 Å². The molecule has 3 heterocycles. The average Bonchev–Trinajstić information content (AvgIpc) is 3.22. The molecule has 1 fully saturated rings. The lowest BCUT2D eigenvalue weighted by atomic mass is 9.98. The Bertz CT molecular complexity index is 1050. The van der Waals surface area contributed by atoms with Gasteiger partial charge in [0.25, 0.3) is 5.56 Å². The highest BCUT2D eigenvalue weighted by Crippen LogP contribution is 2.25. The summed E-state index contributed by atoms with van der Waals surface area (Å²) in [6.45, 7) is 4.51. The Morgan fingerprint density at radius 2 is 1.93 bits per heavy atom. The summed E-state index contributed by atoms with van der Waals surface area (Å²) in [7, 11) is 0. The fraction of sp³-hybridized carbons (Fsp3) is 0.409. The number of carbonyl (C=O) groups is 1. The van der Waals surface area contributed by atoms with Crippen molar-refractivity contribution in [2.75, 3.05) is 5.75 Å². The second kappa shape index (κ2) is 8.45. The number of para-hydroxylation sites is 1. The van der Waals surface area contributed by atoms with Crippen molar-refractivity contribution in [2.24, 2.45) is 0 Å². The Kier molecular flexibility index (Phi) is 5.76. The Labute approximate surface area is 173 Å². The molecule has 2 atom stereocenters. The van der Waals surface area contributed by atoms with Gasteiger partial charge in [0.2, 0.25) is 5.91 Å². The van der Waals surface area contributed by atoms with Gasteiger partial charge < -0.3 is 9.32 Å². The van der Waals surface area contributed by atoms with E-state index in [1.165, 1.54) is 11.8 Å². The first-order valence-electron chi connectivity index (χ1n) is 10.0. The van der Waals surface area contributed by atoms with Crippen molar-refractivity contribution < 1.29 is 9.21 Å². The molecule has 0 aliphatic carbocycles. The third-order valence-corrected chi connectivity index (χ3v) is 6.49. The van der Waals surface area contributed by atoms with Crippen molar-refractivity contribution in [3.63, 3.8) is 0 Å². The first kappa shape index (κ1) is 19.8. The van der Waals surface area contributed by atoms with Gasteiger partial charge >= 0.3 is 0 Å². The van der Waals surface area contributed by atoms with Crippen LogP contribution in [-0.4, -0.2) is 38.2 Å². The number of aromatic nitrogens is 2. The topological polar surface area (TPSA) is 68.3 Å². The number of likely N-dealkylation sites (tertiary alicyclic amines) is 1. The molecule has 1 aliphatic rings. The molecule has 0 unspecified atom stereocenters. The van der Waals surface area contributed by atoms with Crippen molar-refractivity contribution >= 4 is 28.6 Å². The minimum absolute atomic E-state index is 0.0988. The molecule has 7 heteroatoms. The number of nitrogens with zero attached hydrogens (tertiary/aromatic N) is 3. The molecule has 152 valence electrons. The van der Waals surface area contributed by atoms with Gasteiger partial charge in [-0.3, -0.25) is 14.2 Å². The normalized spacial score (nSPS) is 19.6. The van der Waals surface area contributed by atoms with E-state index in [1.54, 1.807) is 23.0 Å². The summed E-state index contributed by atoms with van der Waals surface area (Å²) in [5, 5.41) is 1.10. The highest BCUT2D eigenvalue weighted by atomic mass is 32.2. The van der Waals surface area contributed by atoms with Gasteiger partial charge in [-0.15, -0.1) is 0 Å². The molecule has 0 saturated carbocycles. The number of hydrogen-bond acceptors (Lipinski definition) is 5. The smallest absolute Gasteiger partial charge is 0.262 e. The Morgan fingerprint density at radius 3 is 2.66 bits per heavy atom. The third-order valence-electron chi connectivity index (χ3n) is 5.53. The minimum Gasteiger partial charge on any atom is -0.467 e. The SMILES string of the molecule is C[C@H]1CCC[C@H](C)N1C(=O)CSc1nc2ccccc2c(=O)n1Cc1ccco1. The van der Waals surface area contributed by atoms with Crippen molar-refractivity contribution in [1.29, 1.82) is 0 Å². The molecule has 3 aromatic rings. The van der Waals surface area contributed by atoms with Crippen LogP contribution >= 0.6 is 11.8 Å². The number of thioether (sulfide) groups is 1. The van der Waals surface area contributed by atoms with Crippen LogP contribution in [0.4, 0.5) is 0 Å². The van der Waals surface area contributed by atoms with Crippen molar-refractivity contribution in [3.05, 3.63) is 58.8 Å². The maximum atomic E-state index is 13.1. The zero-order valence-electron chi connectivity index (χ0n) is 16.7. The summed E-state index contributed by atoms with van der Waals surface area (Å²) >= 11 is 1.32. The largest absolute Gasteiger partial charge is 0.467 e. The third kappa shape index (κ3) is 4.10. The lowest BCUT2D eigenvalue weighted by molar-refractivity contribution is -0.134. The molecule has 0 bridgehead atoms. The second-order valence-corrected chi connectivity index (χ2v) is 8.54. The van der Waals surface area contributed by atoms with Gasteiger partial charge in [-0.1, -0.05) is 23.9 Å². The molecule has 1 amide bonds. The van der Waals surface area contributed by atoms with Crippen molar-refractivity contribution in [1.82, 2.24) is 14.5 Å². The highest BCUT2D eigenvalue weighted by Gasteiger charge is 2.29. The summed E-state index contributed by atoms with van der Waals surface area (Å²) in [5.74, 6) is 1.04. The van der Waals surface area contributed by atoms with E-state index in [0.717, 1.165) is 19.3 Å². The van der Waals surface area contributed by atoms with Crippen LogP contribution in [0.2, 0.25) is 0 Å². The van der Waals surface area contributed by atoms with Gasteiger partial charge in [0.1, 0.15) is 5.76 Å². The molecular weight excluding hydrogens is 386 g/mol. The molecular formula is C22H25N3O3S. The van der Waals surface area contributed by atoms with E-state index in [9.17, 15) is 9.59 Å². The molecule has 1 saturated heterocycles. The Hall–Kier alpha value is -2.54. The Balaban J connectivity index is 1.63. The van der Waals surface area contributed by atoms with Gasteiger partial charge in [0.05, 0.1) is 29.5 Å². The maximum Gasteiger partial charge on any atom is 0.262 e. The summed E-state index contributed by atoms with van der Waals surface area (Å²) in [4.78, 5) is 32.7. The van der Waals surface area contributed by atoms with Crippen LogP contribution in [0.15, 0.2) is 57.0 Å². The number of piperidine rings is 1. The number of amides is 1. The number of furan rings is 1. The van der Waals surface area contributed by atoms with E-state index in [0.29, 0.717) is 21.8 Å². The molecule has 4 rings (SSSR count). The molecule has 0 radical (unpaired) electrons. The van der Waals surface area contributed by atoms with Crippen molar-refractivity contribution in [3.8, 4) is 0 Å². The molecule has 1 aromatic carbocycles. The van der Waals surface area contributed by atoms with Gasteiger partial charge in [-0.2, -0.15) is 0 Å². The summed E-state index contributed by atoms with van der Waals surface area (Å²) in [5.41, 5.74) is 0.518. The van der Waals surface area contributed by atoms with Gasteiger partial charge in [-0.05, 0) is 57.4 Å². The number of carbonyl (C=O) groups excluding carboxylic acids is 1. The predicted octanol–water partition coefficient (Wildman–Crippen LogP) is 3.92. The standard InChI is InChI=1S/C22H25N3O3S/c1-15-7-5-8-16(2)25(15)20(26)14-29-22-23-19-11-4-3-10-18(19)21(27)24(22)13-17-9-6-12-28-17/h3-4,6,9-12,15-16H,5,7-8,13-14H2,1-2H3/t15-,16-/m0/s1. The first-order valence-corrected chi connectivity index (χ1v) is 11.0. The quantitative estimate of drug-likeness (QED) is 0.470. The van der Waals surface area contributed by atoms with Crippen LogP contribution in [0.3, 0.4) is 0 Å².